The van der Waals surface area contributed by atoms with Gasteiger partial charge in [0.25, 0.3) is 0 Å². The van der Waals surface area contributed by atoms with Crippen LogP contribution in [0, 0.1) is 0 Å². The van der Waals surface area contributed by atoms with E-state index in [1.54, 1.807) is 0 Å². The summed E-state index contributed by atoms with van der Waals surface area (Å²) in [6.45, 7) is 0.530. The van der Waals surface area contributed by atoms with Gasteiger partial charge in [-0.05, 0) is 5.56 Å². The topological polar surface area (TPSA) is 49.4 Å². The Kier molecular flexibility index (Phi) is 3.78. The van der Waals surface area contributed by atoms with Gasteiger partial charge in [-0.3, -0.25) is 9.69 Å². The van der Waals surface area contributed by atoms with Crippen molar-refractivity contribution < 1.29 is 9.59 Å². The van der Waals surface area contributed by atoms with Gasteiger partial charge in [-0.1, -0.05) is 46.3 Å². The number of carbonyl (C=O) groups is 2. The largest absolute Gasteiger partial charge is 0.329 e. The maximum Gasteiger partial charge on any atom is 0.324 e. The molecule has 0 radical (unpaired) electrons. The number of nitrogens with one attached hydrogen (secondary N) is 1. The van der Waals surface area contributed by atoms with E-state index < -0.39 is 0 Å². The number of alkyl halides is 1. The van der Waals surface area contributed by atoms with E-state index in [1.165, 1.54) is 4.90 Å². The van der Waals surface area contributed by atoms with Crippen molar-refractivity contribution in [3.05, 3.63) is 35.9 Å². The molecule has 1 heterocycles. The number of benzene rings is 1. The molecule has 17 heavy (non-hydrogen) atoms. The first kappa shape index (κ1) is 12.1. The molecule has 4 nitrogen and oxygen atoms in total. The fourth-order valence-corrected chi connectivity index (χ4v) is 2.41. The van der Waals surface area contributed by atoms with E-state index in [9.17, 15) is 9.59 Å². The molecule has 1 aliphatic rings. The Balaban J connectivity index is 2.10. The van der Waals surface area contributed by atoms with Gasteiger partial charge in [0.1, 0.15) is 0 Å². The Morgan fingerprint density at radius 3 is 2.53 bits per heavy atom. The molecule has 1 fully saturated rings. The summed E-state index contributed by atoms with van der Waals surface area (Å²) in [6, 6.07) is 9.57. The third kappa shape index (κ3) is 2.66. The molecule has 1 aromatic rings. The van der Waals surface area contributed by atoms with Gasteiger partial charge < -0.3 is 5.32 Å². The van der Waals surface area contributed by atoms with E-state index >= 15 is 0 Å². The lowest BCUT2D eigenvalue weighted by atomic mass is 10.0. The van der Waals surface area contributed by atoms with E-state index in [2.05, 4.69) is 21.2 Å². The molecule has 2 rings (SSSR count). The van der Waals surface area contributed by atoms with Gasteiger partial charge in [-0.2, -0.15) is 0 Å². The van der Waals surface area contributed by atoms with Crippen molar-refractivity contribution in [1.29, 1.82) is 0 Å². The molecule has 0 saturated carbocycles. The molecule has 0 aromatic heterocycles. The predicted octanol–water partition coefficient (Wildman–Crippen LogP) is 1.72. The lowest BCUT2D eigenvalue weighted by Gasteiger charge is -2.20. The number of nitrogens with zero attached hydrogens (tertiary/aromatic N) is 1. The number of halogens is 1. The zero-order chi connectivity index (χ0) is 12.3. The molecule has 1 aromatic carbocycles. The Bertz CT molecular complexity index is 406. The highest BCUT2D eigenvalue weighted by atomic mass is 79.9. The van der Waals surface area contributed by atoms with Crippen LogP contribution in [0.5, 0.6) is 0 Å². The summed E-state index contributed by atoms with van der Waals surface area (Å²) in [4.78, 5) is 24.2. The van der Waals surface area contributed by atoms with Crippen LogP contribution in [0.4, 0.5) is 4.79 Å². The fraction of sp³-hybridized carbons (Fsp3) is 0.333. The van der Waals surface area contributed by atoms with Crippen molar-refractivity contribution in [2.45, 2.75) is 5.92 Å². The molecule has 1 atom stereocenters. The van der Waals surface area contributed by atoms with Crippen molar-refractivity contribution in [3.8, 4) is 0 Å². The molecule has 1 aliphatic heterocycles. The summed E-state index contributed by atoms with van der Waals surface area (Å²) in [5.74, 6) is -0.0270. The fourth-order valence-electron chi connectivity index (χ4n) is 1.83. The minimum Gasteiger partial charge on any atom is -0.329 e. The van der Waals surface area contributed by atoms with E-state index in [4.69, 9.17) is 0 Å². The van der Waals surface area contributed by atoms with Gasteiger partial charge >= 0.3 is 6.03 Å². The van der Waals surface area contributed by atoms with Crippen LogP contribution in [0.15, 0.2) is 30.3 Å². The number of amides is 3. The number of imide groups is 1. The molecule has 1 unspecified atom stereocenters. The zero-order valence-corrected chi connectivity index (χ0v) is 10.8. The second-order valence-electron chi connectivity index (χ2n) is 3.92. The molecule has 1 saturated heterocycles. The summed E-state index contributed by atoms with van der Waals surface area (Å²) in [5, 5.41) is 3.24. The molecule has 1 N–H and O–H groups in total. The molecule has 3 amide bonds. The lowest BCUT2D eigenvalue weighted by molar-refractivity contribution is -0.125. The van der Waals surface area contributed by atoms with Gasteiger partial charge in [0.2, 0.25) is 5.91 Å². The van der Waals surface area contributed by atoms with Crippen molar-refractivity contribution in [2.24, 2.45) is 0 Å². The number of hydrogen-bond donors (Lipinski definition) is 1. The van der Waals surface area contributed by atoms with Crippen LogP contribution >= 0.6 is 15.9 Å². The summed E-state index contributed by atoms with van der Waals surface area (Å²) < 4.78 is 0. The summed E-state index contributed by atoms with van der Waals surface area (Å²) in [7, 11) is 0. The maximum atomic E-state index is 11.5. The van der Waals surface area contributed by atoms with Gasteiger partial charge in [-0.15, -0.1) is 0 Å². The number of hydrogen-bond acceptors (Lipinski definition) is 2. The highest BCUT2D eigenvalue weighted by Crippen LogP contribution is 2.20. The summed E-state index contributed by atoms with van der Waals surface area (Å²) in [6.07, 6.45) is 0. The number of carbonyl (C=O) groups excluding carboxylic acids is 2. The smallest absolute Gasteiger partial charge is 0.324 e. The summed E-state index contributed by atoms with van der Waals surface area (Å²) >= 11 is 3.43. The monoisotopic (exact) mass is 296 g/mol. The average Bonchev–Trinajstić information content (AvgIpc) is 2.68. The van der Waals surface area contributed by atoms with Crippen molar-refractivity contribution in [1.82, 2.24) is 10.2 Å². The Labute approximate surface area is 108 Å². The Hall–Kier alpha value is -1.36. The van der Waals surface area contributed by atoms with Gasteiger partial charge in [0, 0.05) is 17.8 Å². The minimum atomic E-state index is -0.295. The van der Waals surface area contributed by atoms with Gasteiger partial charge in [0.05, 0.1) is 6.54 Å². The molecule has 90 valence electrons. The van der Waals surface area contributed by atoms with Crippen molar-refractivity contribution in [3.63, 3.8) is 0 Å². The second kappa shape index (κ2) is 5.31. The van der Waals surface area contributed by atoms with Crippen LogP contribution in [0.1, 0.15) is 11.5 Å². The quantitative estimate of drug-likeness (QED) is 0.679. The maximum absolute atomic E-state index is 11.5. The molecule has 0 spiro atoms. The van der Waals surface area contributed by atoms with E-state index in [1.807, 2.05) is 30.3 Å². The standard InChI is InChI=1S/C12H13BrN2O2/c13-6-10(9-4-2-1-3-5-9)8-15-11(16)7-14-12(15)17/h1-5,10H,6-8H2,(H,14,17). The van der Waals surface area contributed by atoms with E-state index in [0.717, 1.165) is 5.56 Å². The average molecular weight is 297 g/mol. The van der Waals surface area contributed by atoms with Crippen molar-refractivity contribution in [2.75, 3.05) is 18.4 Å². The molecular weight excluding hydrogens is 284 g/mol. The van der Waals surface area contributed by atoms with Crippen LogP contribution < -0.4 is 5.32 Å². The molecule has 0 aliphatic carbocycles. The van der Waals surface area contributed by atoms with E-state index in [0.29, 0.717) is 11.9 Å². The normalized spacial score (nSPS) is 17.1. The molecule has 0 bridgehead atoms. The first-order valence-corrected chi connectivity index (χ1v) is 6.53. The summed E-state index contributed by atoms with van der Waals surface area (Å²) in [5.41, 5.74) is 1.12. The SMILES string of the molecule is O=C1CNC(=O)N1CC(CBr)c1ccccc1. The molecule has 5 heteroatoms. The number of rotatable bonds is 4. The van der Waals surface area contributed by atoms with E-state index in [-0.39, 0.29) is 24.4 Å². The third-order valence-corrected chi connectivity index (χ3v) is 3.58. The third-order valence-electron chi connectivity index (χ3n) is 2.80. The minimum absolute atomic E-state index is 0.114. The lowest BCUT2D eigenvalue weighted by Crippen LogP contribution is -2.35. The van der Waals surface area contributed by atoms with Gasteiger partial charge in [0.15, 0.2) is 0 Å². The van der Waals surface area contributed by atoms with Gasteiger partial charge in [-0.25, -0.2) is 4.79 Å². The van der Waals surface area contributed by atoms with Crippen LogP contribution in [-0.2, 0) is 4.79 Å². The highest BCUT2D eigenvalue weighted by molar-refractivity contribution is 9.09. The first-order valence-electron chi connectivity index (χ1n) is 5.41. The highest BCUT2D eigenvalue weighted by Gasteiger charge is 2.30. The van der Waals surface area contributed by atoms with Crippen LogP contribution in [-0.4, -0.2) is 35.3 Å². The second-order valence-corrected chi connectivity index (χ2v) is 4.57. The van der Waals surface area contributed by atoms with Crippen LogP contribution in [0.3, 0.4) is 0 Å². The zero-order valence-electron chi connectivity index (χ0n) is 9.23. The number of urea groups is 1. The van der Waals surface area contributed by atoms with Crippen molar-refractivity contribution >= 4 is 27.9 Å². The van der Waals surface area contributed by atoms with Crippen LogP contribution in [0.25, 0.3) is 0 Å². The predicted molar refractivity (Wildman–Crippen MR) is 68.1 cm³/mol. The van der Waals surface area contributed by atoms with Crippen LogP contribution in [0.2, 0.25) is 0 Å². The molecular formula is C12H13BrN2O2. The Morgan fingerprint density at radius 2 is 2.00 bits per heavy atom. The first-order chi connectivity index (χ1) is 8.22. The Morgan fingerprint density at radius 1 is 1.29 bits per heavy atom.